The number of hydrogen-bond donors (Lipinski definition) is 0. The fourth-order valence-corrected chi connectivity index (χ4v) is 4.84. The van der Waals surface area contributed by atoms with E-state index >= 15 is 0 Å². The van der Waals surface area contributed by atoms with Crippen LogP contribution in [-0.2, 0) is 6.54 Å². The summed E-state index contributed by atoms with van der Waals surface area (Å²) in [5.41, 5.74) is 0. The number of rotatable bonds is 7. The van der Waals surface area contributed by atoms with E-state index < -0.39 is 0 Å². The van der Waals surface area contributed by atoms with Crippen molar-refractivity contribution in [2.75, 3.05) is 26.2 Å². The highest BCUT2D eigenvalue weighted by molar-refractivity contribution is 5.02. The Hall–Kier alpha value is -1.73. The van der Waals surface area contributed by atoms with Crippen molar-refractivity contribution >= 4 is 0 Å². The molecule has 1 aliphatic heterocycles. The van der Waals surface area contributed by atoms with Gasteiger partial charge < -0.3 is 4.42 Å². The van der Waals surface area contributed by atoms with Gasteiger partial charge in [0.05, 0.1) is 12.3 Å². The molecular weight excluding hydrogens is 352 g/mol. The smallest absolute Gasteiger partial charge is 0.168 e. The maximum absolute atomic E-state index is 5.51. The van der Waals surface area contributed by atoms with Crippen LogP contribution < -0.4 is 0 Å². The molecule has 1 aliphatic carbocycles. The monoisotopic (exact) mass is 386 g/mol. The van der Waals surface area contributed by atoms with Gasteiger partial charge in [-0.15, -0.1) is 5.10 Å². The van der Waals surface area contributed by atoms with Gasteiger partial charge in [0.25, 0.3) is 0 Å². The Bertz CT molecular complexity index is 698. The molecule has 28 heavy (non-hydrogen) atoms. The lowest BCUT2D eigenvalue weighted by atomic mass is 9.93. The molecule has 0 unspecified atom stereocenters. The van der Waals surface area contributed by atoms with Crippen LogP contribution in [0.2, 0.25) is 0 Å². The quantitative estimate of drug-likeness (QED) is 0.727. The van der Waals surface area contributed by atoms with Crippen LogP contribution >= 0.6 is 0 Å². The maximum atomic E-state index is 5.51. The minimum Gasteiger partial charge on any atom is -0.467 e. The molecule has 2 aromatic heterocycles. The summed E-state index contributed by atoms with van der Waals surface area (Å²) in [4.78, 5) is 5.33. The lowest BCUT2D eigenvalue weighted by Gasteiger charge is -2.43. The van der Waals surface area contributed by atoms with Crippen molar-refractivity contribution in [2.24, 2.45) is 5.92 Å². The second kappa shape index (κ2) is 9.18. The van der Waals surface area contributed by atoms with Gasteiger partial charge in [0.2, 0.25) is 0 Å². The highest BCUT2D eigenvalue weighted by Gasteiger charge is 2.32. The Labute approximate surface area is 168 Å². The highest BCUT2D eigenvalue weighted by atomic mass is 16.3. The molecule has 1 saturated heterocycles. The summed E-state index contributed by atoms with van der Waals surface area (Å²) in [6, 6.07) is 4.96. The van der Waals surface area contributed by atoms with Gasteiger partial charge in [0.15, 0.2) is 5.82 Å². The fraction of sp³-hybridized carbons (Fsp3) is 0.762. The van der Waals surface area contributed by atoms with E-state index in [2.05, 4.69) is 39.2 Å². The third-order valence-corrected chi connectivity index (χ3v) is 6.32. The van der Waals surface area contributed by atoms with E-state index in [0.717, 1.165) is 37.1 Å². The minimum atomic E-state index is 0.262. The van der Waals surface area contributed by atoms with Gasteiger partial charge in [-0.2, -0.15) is 0 Å². The molecular formula is C21H34N6O. The van der Waals surface area contributed by atoms with Gasteiger partial charge in [-0.3, -0.25) is 9.80 Å². The van der Waals surface area contributed by atoms with Crippen LogP contribution in [0.5, 0.6) is 0 Å². The zero-order valence-electron chi connectivity index (χ0n) is 17.3. The van der Waals surface area contributed by atoms with E-state index in [0.29, 0.717) is 12.5 Å². The summed E-state index contributed by atoms with van der Waals surface area (Å²) in [6.07, 6.45) is 9.78. The first-order valence-electron chi connectivity index (χ1n) is 11.0. The largest absolute Gasteiger partial charge is 0.467 e. The molecule has 1 atom stereocenters. The van der Waals surface area contributed by atoms with E-state index in [4.69, 9.17) is 4.42 Å². The Morgan fingerprint density at radius 1 is 1.11 bits per heavy atom. The summed E-state index contributed by atoms with van der Waals surface area (Å²) < 4.78 is 7.43. The molecule has 4 rings (SSSR count). The highest BCUT2D eigenvalue weighted by Crippen LogP contribution is 2.29. The zero-order valence-corrected chi connectivity index (χ0v) is 17.3. The molecule has 0 amide bonds. The van der Waals surface area contributed by atoms with Crippen molar-refractivity contribution in [3.05, 3.63) is 30.0 Å². The van der Waals surface area contributed by atoms with Crippen molar-refractivity contribution in [2.45, 2.75) is 71.0 Å². The maximum Gasteiger partial charge on any atom is 0.168 e. The molecule has 0 bridgehead atoms. The van der Waals surface area contributed by atoms with Crippen molar-refractivity contribution in [3.8, 4) is 0 Å². The van der Waals surface area contributed by atoms with Gasteiger partial charge in [0.1, 0.15) is 12.3 Å². The van der Waals surface area contributed by atoms with E-state index in [9.17, 15) is 0 Å². The van der Waals surface area contributed by atoms with E-state index in [1.165, 1.54) is 45.2 Å². The predicted molar refractivity (Wildman–Crippen MR) is 108 cm³/mol. The molecule has 7 heteroatoms. The molecule has 3 heterocycles. The topological polar surface area (TPSA) is 63.2 Å². The van der Waals surface area contributed by atoms with Crippen LogP contribution in [0.3, 0.4) is 0 Å². The average molecular weight is 387 g/mol. The van der Waals surface area contributed by atoms with Crippen molar-refractivity contribution in [1.29, 1.82) is 0 Å². The number of nitrogens with zero attached hydrogens (tertiary/aromatic N) is 6. The Morgan fingerprint density at radius 3 is 2.57 bits per heavy atom. The number of aromatic nitrogens is 4. The number of hydrogen-bond acceptors (Lipinski definition) is 6. The molecule has 2 aromatic rings. The average Bonchev–Trinajstić information content (AvgIpc) is 3.39. The molecule has 0 spiro atoms. The van der Waals surface area contributed by atoms with Crippen LogP contribution in [-0.4, -0.2) is 62.2 Å². The fourth-order valence-electron chi connectivity index (χ4n) is 4.84. The summed E-state index contributed by atoms with van der Waals surface area (Å²) >= 11 is 0. The van der Waals surface area contributed by atoms with Gasteiger partial charge in [0, 0.05) is 32.2 Å². The third kappa shape index (κ3) is 4.63. The molecule has 2 aliphatic rings. The third-order valence-electron chi connectivity index (χ3n) is 6.32. The van der Waals surface area contributed by atoms with Gasteiger partial charge >= 0.3 is 0 Å². The molecule has 0 aromatic carbocycles. The molecule has 2 fully saturated rings. The second-order valence-electron chi connectivity index (χ2n) is 8.78. The first-order valence-corrected chi connectivity index (χ1v) is 11.0. The lowest BCUT2D eigenvalue weighted by molar-refractivity contribution is 0.0468. The summed E-state index contributed by atoms with van der Waals surface area (Å²) in [6.45, 7) is 9.69. The van der Waals surface area contributed by atoms with Crippen molar-refractivity contribution in [1.82, 2.24) is 30.0 Å². The summed E-state index contributed by atoms with van der Waals surface area (Å²) in [5.74, 6) is 2.45. The van der Waals surface area contributed by atoms with Crippen molar-refractivity contribution < 1.29 is 4.42 Å². The van der Waals surface area contributed by atoms with Gasteiger partial charge in [-0.1, -0.05) is 33.1 Å². The SMILES string of the molecule is CC(C)C[C@@H](c1nnnn1Cc1ccco1)N1CCN(C2CCCCC2)CC1. The van der Waals surface area contributed by atoms with E-state index in [-0.39, 0.29) is 6.04 Å². The number of piperazine rings is 1. The van der Waals surface area contributed by atoms with Crippen LogP contribution in [0.15, 0.2) is 22.8 Å². The predicted octanol–water partition coefficient (Wildman–Crippen LogP) is 3.35. The molecule has 1 saturated carbocycles. The lowest BCUT2D eigenvalue weighted by Crippen LogP contribution is -2.52. The van der Waals surface area contributed by atoms with Crippen LogP contribution in [0.25, 0.3) is 0 Å². The Kier molecular flexibility index (Phi) is 6.42. The van der Waals surface area contributed by atoms with Crippen LogP contribution in [0.4, 0.5) is 0 Å². The van der Waals surface area contributed by atoms with Crippen molar-refractivity contribution in [3.63, 3.8) is 0 Å². The molecule has 0 radical (unpaired) electrons. The Balaban J connectivity index is 1.45. The second-order valence-corrected chi connectivity index (χ2v) is 8.78. The van der Waals surface area contributed by atoms with E-state index in [1.807, 2.05) is 16.8 Å². The van der Waals surface area contributed by atoms with Crippen LogP contribution in [0.1, 0.15) is 70.0 Å². The molecule has 7 nitrogen and oxygen atoms in total. The summed E-state index contributed by atoms with van der Waals surface area (Å²) in [7, 11) is 0. The minimum absolute atomic E-state index is 0.262. The Morgan fingerprint density at radius 2 is 1.89 bits per heavy atom. The first kappa shape index (κ1) is 19.6. The molecule has 0 N–H and O–H groups in total. The normalized spacial score (nSPS) is 21.4. The van der Waals surface area contributed by atoms with Gasteiger partial charge in [-0.05, 0) is 47.7 Å². The first-order chi connectivity index (χ1) is 13.7. The standard InChI is InChI=1S/C21H34N6O/c1-17(2)15-20(21-22-23-24-27(21)16-19-9-6-14-28-19)26-12-10-25(11-13-26)18-7-4-3-5-8-18/h6,9,14,17-18,20H,3-5,7-8,10-13,15-16H2,1-2H3/t20-/m0/s1. The number of furan rings is 1. The van der Waals surface area contributed by atoms with Crippen LogP contribution in [0, 0.1) is 5.92 Å². The summed E-state index contributed by atoms with van der Waals surface area (Å²) in [5, 5.41) is 12.7. The number of tetrazole rings is 1. The van der Waals surface area contributed by atoms with E-state index in [1.54, 1.807) is 6.26 Å². The van der Waals surface area contributed by atoms with Gasteiger partial charge in [-0.25, -0.2) is 4.68 Å². The zero-order chi connectivity index (χ0) is 19.3. The molecule has 154 valence electrons.